The Morgan fingerprint density at radius 3 is 1.94 bits per heavy atom. The summed E-state index contributed by atoms with van der Waals surface area (Å²) in [6.45, 7) is 12.3. The lowest BCUT2D eigenvalue weighted by Gasteiger charge is -2.41. The highest BCUT2D eigenvalue weighted by Gasteiger charge is 2.49. The van der Waals surface area contributed by atoms with E-state index in [0.29, 0.717) is 0 Å². The molecule has 2 nitrogen and oxygen atoms in total. The monoisotopic (exact) mass is 684 g/mol. The second-order valence-electron chi connectivity index (χ2n) is 17.5. The molecular weight excluding hydrogens is 641 g/mol. The van der Waals surface area contributed by atoms with E-state index in [0.717, 1.165) is 6.42 Å². The minimum absolute atomic E-state index is 0.0869. The lowest BCUT2D eigenvalue weighted by atomic mass is 9.61. The van der Waals surface area contributed by atoms with E-state index in [1.54, 1.807) is 5.57 Å². The van der Waals surface area contributed by atoms with Gasteiger partial charge in [-0.15, -0.1) is 0 Å². The summed E-state index contributed by atoms with van der Waals surface area (Å²) in [5.41, 5.74) is 20.8. The van der Waals surface area contributed by atoms with E-state index in [4.69, 9.17) is 0 Å². The number of nitrogens with zero attached hydrogens (tertiary/aromatic N) is 2. The number of rotatable bonds is 2. The molecule has 5 aromatic carbocycles. The highest BCUT2D eigenvalue weighted by molar-refractivity contribution is 6.12. The van der Waals surface area contributed by atoms with Crippen molar-refractivity contribution in [3.63, 3.8) is 0 Å². The topological polar surface area (TPSA) is 7.76 Å². The summed E-state index contributed by atoms with van der Waals surface area (Å²) in [6, 6.07) is 35.3. The van der Waals surface area contributed by atoms with Gasteiger partial charge < -0.3 is 0 Å². The molecule has 4 aliphatic carbocycles. The molecule has 0 saturated heterocycles. The predicted octanol–water partition coefficient (Wildman–Crippen LogP) is 11.1. The second-order valence-corrected chi connectivity index (χ2v) is 17.5. The van der Waals surface area contributed by atoms with Gasteiger partial charge >= 0.3 is 0 Å². The molecule has 0 fully saturated rings. The van der Waals surface area contributed by atoms with Crippen molar-refractivity contribution in [1.29, 1.82) is 0 Å². The maximum absolute atomic E-state index is 2.61. The van der Waals surface area contributed by atoms with Crippen LogP contribution in [0.5, 0.6) is 0 Å². The van der Waals surface area contributed by atoms with E-state index in [-0.39, 0.29) is 16.2 Å². The molecule has 0 N–H and O–H groups in total. The van der Waals surface area contributed by atoms with Crippen LogP contribution in [0.3, 0.4) is 0 Å². The maximum atomic E-state index is 2.61. The highest BCUT2D eigenvalue weighted by Crippen LogP contribution is 2.63. The van der Waals surface area contributed by atoms with Crippen LogP contribution in [-0.4, -0.2) is 0 Å². The Morgan fingerprint density at radius 2 is 1.21 bits per heavy atom. The SMILES string of the molecule is C[n+]1ccc(-c2cc(-c3cc[n+](C)cc3)c3ccc4c5c3c2C=CC5(C)CC2=C4c3cc4c(cc3C2(C)C)-c2c(ccc3ccccc23)C4(C)C)cc1. The number of pyridine rings is 2. The van der Waals surface area contributed by atoms with E-state index in [9.17, 15) is 0 Å². The van der Waals surface area contributed by atoms with Crippen molar-refractivity contribution >= 4 is 33.2 Å². The smallest absolute Gasteiger partial charge is 0.169 e. The minimum atomic E-state index is -0.118. The van der Waals surface area contributed by atoms with Crippen LogP contribution in [-0.2, 0) is 30.3 Å². The third-order valence-corrected chi connectivity index (χ3v) is 13.6. The molecule has 53 heavy (non-hydrogen) atoms. The quantitative estimate of drug-likeness (QED) is 0.160. The summed E-state index contributed by atoms with van der Waals surface area (Å²) >= 11 is 0. The lowest BCUT2D eigenvalue weighted by molar-refractivity contribution is -0.671. The number of fused-ring (bicyclic) bond motifs is 8. The molecular formula is C51H44N2+2. The first kappa shape index (κ1) is 31.0. The van der Waals surface area contributed by atoms with Gasteiger partial charge in [-0.3, -0.25) is 0 Å². The van der Waals surface area contributed by atoms with Crippen LogP contribution < -0.4 is 9.13 Å². The number of aryl methyl sites for hydroxylation is 2. The largest absolute Gasteiger partial charge is 0.208 e. The molecule has 2 heteroatoms. The third kappa shape index (κ3) is 3.94. The summed E-state index contributed by atoms with van der Waals surface area (Å²) in [7, 11) is 4.18. The van der Waals surface area contributed by atoms with E-state index in [1.165, 1.54) is 99.4 Å². The Balaban J connectivity index is 1.21. The van der Waals surface area contributed by atoms with Crippen molar-refractivity contribution in [2.24, 2.45) is 14.1 Å². The van der Waals surface area contributed by atoms with Crippen LogP contribution in [0.2, 0.25) is 0 Å². The summed E-state index contributed by atoms with van der Waals surface area (Å²) in [5.74, 6) is 0. The van der Waals surface area contributed by atoms with E-state index in [2.05, 4.69) is 186 Å². The Morgan fingerprint density at radius 1 is 0.547 bits per heavy atom. The number of benzene rings is 5. The van der Waals surface area contributed by atoms with Gasteiger partial charge in [0, 0.05) is 40.5 Å². The lowest BCUT2D eigenvalue weighted by Crippen LogP contribution is -2.31. The Bertz CT molecular complexity index is 2860. The van der Waals surface area contributed by atoms with Gasteiger partial charge in [-0.05, 0) is 124 Å². The first-order chi connectivity index (χ1) is 25.5. The van der Waals surface area contributed by atoms with Crippen molar-refractivity contribution in [2.45, 2.75) is 57.3 Å². The summed E-state index contributed by atoms with van der Waals surface area (Å²) in [4.78, 5) is 0. The molecule has 4 aliphatic rings. The van der Waals surface area contributed by atoms with Crippen molar-refractivity contribution < 1.29 is 9.13 Å². The fraction of sp³-hybridized carbons (Fsp3) is 0.216. The van der Waals surface area contributed by atoms with Crippen LogP contribution >= 0.6 is 0 Å². The van der Waals surface area contributed by atoms with Gasteiger partial charge in [-0.1, -0.05) is 101 Å². The van der Waals surface area contributed by atoms with Crippen LogP contribution in [0, 0.1) is 0 Å². The molecule has 1 atom stereocenters. The molecule has 0 amide bonds. The minimum Gasteiger partial charge on any atom is -0.208 e. The zero-order chi connectivity index (χ0) is 36.2. The summed E-state index contributed by atoms with van der Waals surface area (Å²) in [5, 5.41) is 5.44. The maximum Gasteiger partial charge on any atom is 0.169 e. The fourth-order valence-electron chi connectivity index (χ4n) is 10.7. The zero-order valence-corrected chi connectivity index (χ0v) is 31.7. The molecule has 1 unspecified atom stereocenters. The van der Waals surface area contributed by atoms with Gasteiger partial charge in [0.05, 0.1) is 0 Å². The fourth-order valence-corrected chi connectivity index (χ4v) is 10.7. The van der Waals surface area contributed by atoms with Crippen LogP contribution in [0.15, 0.2) is 127 Å². The molecule has 7 aromatic rings. The molecule has 0 saturated carbocycles. The first-order valence-electron chi connectivity index (χ1n) is 19.2. The van der Waals surface area contributed by atoms with Gasteiger partial charge in [0.2, 0.25) is 0 Å². The molecule has 11 rings (SSSR count). The number of hydrogen-bond acceptors (Lipinski definition) is 0. The summed E-state index contributed by atoms with van der Waals surface area (Å²) < 4.78 is 4.24. The Hall–Kier alpha value is -5.60. The van der Waals surface area contributed by atoms with E-state index >= 15 is 0 Å². The second kappa shape index (κ2) is 10.1. The van der Waals surface area contributed by atoms with Crippen LogP contribution in [0.4, 0.5) is 0 Å². The normalized spacial score (nSPS) is 19.4. The van der Waals surface area contributed by atoms with Crippen molar-refractivity contribution in [2.75, 3.05) is 0 Å². The first-order valence-corrected chi connectivity index (χ1v) is 19.2. The molecule has 0 radical (unpaired) electrons. The van der Waals surface area contributed by atoms with Crippen LogP contribution in [0.1, 0.15) is 80.0 Å². The zero-order valence-electron chi connectivity index (χ0n) is 31.7. The average molecular weight is 685 g/mol. The molecule has 0 bridgehead atoms. The van der Waals surface area contributed by atoms with E-state index in [1.807, 2.05) is 0 Å². The van der Waals surface area contributed by atoms with Gasteiger partial charge in [0.25, 0.3) is 0 Å². The van der Waals surface area contributed by atoms with Gasteiger partial charge in [0.1, 0.15) is 14.1 Å². The van der Waals surface area contributed by atoms with Crippen LogP contribution in [0.25, 0.3) is 66.6 Å². The van der Waals surface area contributed by atoms with E-state index < -0.39 is 0 Å². The molecule has 2 aromatic heterocycles. The summed E-state index contributed by atoms with van der Waals surface area (Å²) in [6.07, 6.45) is 14.7. The number of aromatic nitrogens is 2. The molecule has 2 heterocycles. The predicted molar refractivity (Wildman–Crippen MR) is 219 cm³/mol. The van der Waals surface area contributed by atoms with Crippen molar-refractivity contribution in [3.05, 3.63) is 166 Å². The Kier molecular flexibility index (Phi) is 5.89. The van der Waals surface area contributed by atoms with Gasteiger partial charge in [0.15, 0.2) is 24.8 Å². The number of hydrogen-bond donors (Lipinski definition) is 0. The molecule has 256 valence electrons. The standard InChI is InChI=1S/C51H44N2/c1-49(2)41-15-12-30-10-8-9-11-33(30)45(41)39-27-43-40(28-42(39)49)46-36-14-13-34-37(31-17-22-52(6)23-18-31)26-38(32-19-24-53(7)25-20-32)35-16-21-51(5,48(36)47(34)35)29-44(46)50(43,3)4/h8-28H,29H2,1-7H3/q+2. The van der Waals surface area contributed by atoms with Gasteiger partial charge in [-0.2, -0.15) is 0 Å². The molecule has 0 aliphatic heterocycles. The van der Waals surface area contributed by atoms with Gasteiger partial charge in [-0.25, -0.2) is 9.13 Å². The molecule has 0 spiro atoms. The number of allylic oxidation sites excluding steroid dienone is 2. The van der Waals surface area contributed by atoms with Crippen molar-refractivity contribution in [3.8, 4) is 33.4 Å². The average Bonchev–Trinajstić information content (AvgIpc) is 3.52. The van der Waals surface area contributed by atoms with Crippen molar-refractivity contribution in [1.82, 2.24) is 0 Å². The Labute approximate surface area is 312 Å². The highest BCUT2D eigenvalue weighted by atomic mass is 14.9. The third-order valence-electron chi connectivity index (χ3n) is 13.6.